The largest absolute Gasteiger partial charge is 0.467 e. The third-order valence-corrected chi connectivity index (χ3v) is 5.98. The highest BCUT2D eigenvalue weighted by Gasteiger charge is 2.33. The summed E-state index contributed by atoms with van der Waals surface area (Å²) in [7, 11) is 1.24. The van der Waals surface area contributed by atoms with E-state index in [1.165, 1.54) is 7.11 Å². The number of Topliss-reactive ketones (excluding diaryl/α,β-unsaturated/α-hetero) is 1. The molecule has 0 saturated heterocycles. The SMILES string of the molecule is COC(=O)[C@@H](NC(=O)[C@@H](NC(=O)[C@H](C)CC(=O)[C@H](Cc1ccccc1)NC(=O)OC(C)(C)C)C(C)C)C(C)C. The van der Waals surface area contributed by atoms with E-state index in [0.717, 1.165) is 5.56 Å². The molecule has 0 aliphatic heterocycles. The molecule has 1 aromatic rings. The number of amides is 3. The van der Waals surface area contributed by atoms with E-state index in [1.807, 2.05) is 30.3 Å². The van der Waals surface area contributed by atoms with Crippen molar-refractivity contribution in [2.24, 2.45) is 17.8 Å². The maximum Gasteiger partial charge on any atom is 0.408 e. The van der Waals surface area contributed by atoms with Gasteiger partial charge >= 0.3 is 12.1 Å². The fourth-order valence-electron chi connectivity index (χ4n) is 3.78. The summed E-state index contributed by atoms with van der Waals surface area (Å²) >= 11 is 0. The van der Waals surface area contributed by atoms with Crippen molar-refractivity contribution in [3.05, 3.63) is 35.9 Å². The number of nitrogens with one attached hydrogen (secondary N) is 3. The monoisotopic (exact) mass is 547 g/mol. The zero-order valence-corrected chi connectivity index (χ0v) is 24.6. The number of hydrogen-bond donors (Lipinski definition) is 3. The first-order valence-electron chi connectivity index (χ1n) is 13.3. The number of ketones is 1. The van der Waals surface area contributed by atoms with Gasteiger partial charge in [-0.2, -0.15) is 0 Å². The van der Waals surface area contributed by atoms with Gasteiger partial charge in [-0.15, -0.1) is 0 Å². The van der Waals surface area contributed by atoms with E-state index in [-0.39, 0.29) is 30.5 Å². The molecule has 0 bridgehead atoms. The Hall–Kier alpha value is -3.43. The Kier molecular flexibility index (Phi) is 13.1. The summed E-state index contributed by atoms with van der Waals surface area (Å²) in [6.07, 6.45) is -0.660. The maximum atomic E-state index is 13.3. The van der Waals surface area contributed by atoms with E-state index in [4.69, 9.17) is 9.47 Å². The summed E-state index contributed by atoms with van der Waals surface area (Å²) in [6.45, 7) is 13.8. The fraction of sp³-hybridized carbons (Fsp3) is 0.621. The molecule has 4 atom stereocenters. The Labute approximate surface area is 232 Å². The summed E-state index contributed by atoms with van der Waals surface area (Å²) in [4.78, 5) is 63.8. The number of methoxy groups -OCH3 is 1. The van der Waals surface area contributed by atoms with E-state index in [9.17, 15) is 24.0 Å². The van der Waals surface area contributed by atoms with Crippen molar-refractivity contribution in [3.8, 4) is 0 Å². The Morgan fingerprint density at radius 2 is 1.33 bits per heavy atom. The number of carbonyl (C=O) groups excluding carboxylic acids is 5. The molecule has 0 radical (unpaired) electrons. The Morgan fingerprint density at radius 1 is 0.795 bits per heavy atom. The third-order valence-electron chi connectivity index (χ3n) is 5.98. The minimum absolute atomic E-state index is 0.164. The summed E-state index contributed by atoms with van der Waals surface area (Å²) in [6, 6.07) is 6.51. The number of alkyl carbamates (subject to hydrolysis) is 1. The van der Waals surface area contributed by atoms with E-state index in [1.54, 1.807) is 55.4 Å². The molecule has 0 fully saturated rings. The van der Waals surface area contributed by atoms with Crippen molar-refractivity contribution in [1.82, 2.24) is 16.0 Å². The van der Waals surface area contributed by atoms with Crippen LogP contribution in [0.4, 0.5) is 4.79 Å². The van der Waals surface area contributed by atoms with Gasteiger partial charge in [0, 0.05) is 12.3 Å². The van der Waals surface area contributed by atoms with Crippen molar-refractivity contribution < 1.29 is 33.4 Å². The van der Waals surface area contributed by atoms with Gasteiger partial charge in [0.2, 0.25) is 11.8 Å². The second kappa shape index (κ2) is 15.2. The van der Waals surface area contributed by atoms with Crippen LogP contribution in [-0.4, -0.2) is 60.5 Å². The Morgan fingerprint density at radius 3 is 1.82 bits per heavy atom. The van der Waals surface area contributed by atoms with Crippen LogP contribution in [0.5, 0.6) is 0 Å². The van der Waals surface area contributed by atoms with Crippen molar-refractivity contribution >= 4 is 29.7 Å². The first-order valence-corrected chi connectivity index (χ1v) is 13.3. The third kappa shape index (κ3) is 11.9. The second-order valence-corrected chi connectivity index (χ2v) is 11.4. The smallest absolute Gasteiger partial charge is 0.408 e. The lowest BCUT2D eigenvalue weighted by atomic mass is 9.94. The maximum absolute atomic E-state index is 13.3. The number of esters is 1. The highest BCUT2D eigenvalue weighted by Crippen LogP contribution is 2.14. The Bertz CT molecular complexity index is 986. The van der Waals surface area contributed by atoms with Crippen LogP contribution >= 0.6 is 0 Å². The van der Waals surface area contributed by atoms with Gasteiger partial charge in [-0.3, -0.25) is 14.4 Å². The van der Waals surface area contributed by atoms with Crippen LogP contribution in [0.2, 0.25) is 0 Å². The van der Waals surface area contributed by atoms with Crippen LogP contribution in [0.15, 0.2) is 30.3 Å². The van der Waals surface area contributed by atoms with Gasteiger partial charge < -0.3 is 25.4 Å². The normalized spacial score (nSPS) is 14.5. The minimum Gasteiger partial charge on any atom is -0.467 e. The highest BCUT2D eigenvalue weighted by atomic mass is 16.6. The first-order chi connectivity index (χ1) is 18.0. The lowest BCUT2D eigenvalue weighted by molar-refractivity contribution is -0.147. The average Bonchev–Trinajstić information content (AvgIpc) is 2.83. The van der Waals surface area contributed by atoms with Crippen LogP contribution in [0.3, 0.4) is 0 Å². The first kappa shape index (κ1) is 33.6. The molecule has 39 heavy (non-hydrogen) atoms. The van der Waals surface area contributed by atoms with Gasteiger partial charge in [-0.25, -0.2) is 9.59 Å². The van der Waals surface area contributed by atoms with Gasteiger partial charge in [-0.05, 0) is 44.6 Å². The molecule has 218 valence electrons. The van der Waals surface area contributed by atoms with Gasteiger partial charge in [-0.1, -0.05) is 65.0 Å². The minimum atomic E-state index is -0.930. The standard InChI is InChI=1S/C29H45N3O7/c1-17(2)23(26(35)32-24(18(3)4)27(36)38-9)31-25(34)19(5)15-22(33)21(16-20-13-11-10-12-14-20)30-28(37)39-29(6,7)8/h10-14,17-19,21,23-24H,15-16H2,1-9H3,(H,30,37)(H,31,34)(H,32,35)/t19-,21+,23+,24+/m1/s1. The van der Waals surface area contributed by atoms with Gasteiger partial charge in [0.15, 0.2) is 5.78 Å². The quantitative estimate of drug-likeness (QED) is 0.322. The van der Waals surface area contributed by atoms with Crippen LogP contribution in [-0.2, 0) is 35.1 Å². The molecule has 3 amide bonds. The molecule has 0 spiro atoms. The predicted octanol–water partition coefficient (Wildman–Crippen LogP) is 3.17. The van der Waals surface area contributed by atoms with Crippen LogP contribution in [0, 0.1) is 17.8 Å². The molecule has 0 saturated carbocycles. The van der Waals surface area contributed by atoms with E-state index >= 15 is 0 Å². The Balaban J connectivity index is 2.96. The van der Waals surface area contributed by atoms with Crippen molar-refractivity contribution in [1.29, 1.82) is 0 Å². The molecular formula is C29H45N3O7. The molecule has 1 aromatic carbocycles. The van der Waals surface area contributed by atoms with Crippen LogP contribution < -0.4 is 16.0 Å². The predicted molar refractivity (Wildman–Crippen MR) is 148 cm³/mol. The van der Waals surface area contributed by atoms with E-state index in [0.29, 0.717) is 0 Å². The van der Waals surface area contributed by atoms with Gasteiger partial charge in [0.05, 0.1) is 13.2 Å². The fourth-order valence-corrected chi connectivity index (χ4v) is 3.78. The molecule has 0 aromatic heterocycles. The molecule has 0 unspecified atom stereocenters. The lowest BCUT2D eigenvalue weighted by Crippen LogP contribution is -2.56. The summed E-state index contributed by atoms with van der Waals surface area (Å²) in [5, 5.41) is 8.02. The average molecular weight is 548 g/mol. The van der Waals surface area contributed by atoms with E-state index in [2.05, 4.69) is 16.0 Å². The van der Waals surface area contributed by atoms with E-state index < -0.39 is 53.5 Å². The number of carbonyl (C=O) groups is 5. The van der Waals surface area contributed by atoms with Crippen molar-refractivity contribution in [2.45, 2.75) is 92.0 Å². The zero-order valence-electron chi connectivity index (χ0n) is 24.6. The van der Waals surface area contributed by atoms with Crippen LogP contribution in [0.25, 0.3) is 0 Å². The molecule has 10 nitrogen and oxygen atoms in total. The second-order valence-electron chi connectivity index (χ2n) is 11.4. The molecule has 1 rings (SSSR count). The molecule has 0 heterocycles. The zero-order chi connectivity index (χ0) is 29.9. The van der Waals surface area contributed by atoms with Crippen molar-refractivity contribution in [2.75, 3.05) is 7.11 Å². The number of hydrogen-bond acceptors (Lipinski definition) is 7. The molecule has 10 heteroatoms. The number of ether oxygens (including phenoxy) is 2. The summed E-state index contributed by atoms with van der Waals surface area (Å²) < 4.78 is 10.1. The topological polar surface area (TPSA) is 140 Å². The van der Waals surface area contributed by atoms with Crippen molar-refractivity contribution in [3.63, 3.8) is 0 Å². The van der Waals surface area contributed by atoms with Gasteiger partial charge in [0.1, 0.15) is 17.7 Å². The molecule has 3 N–H and O–H groups in total. The lowest BCUT2D eigenvalue weighted by Gasteiger charge is -2.27. The number of rotatable bonds is 13. The molecule has 0 aliphatic carbocycles. The van der Waals surface area contributed by atoms with Crippen LogP contribution in [0.1, 0.15) is 67.4 Å². The summed E-state index contributed by atoms with van der Waals surface area (Å²) in [5.74, 6) is -3.23. The highest BCUT2D eigenvalue weighted by molar-refractivity contribution is 5.94. The number of benzene rings is 1. The molecule has 0 aliphatic rings. The molecular weight excluding hydrogens is 502 g/mol. The summed E-state index contributed by atoms with van der Waals surface area (Å²) in [5.41, 5.74) is 0.0952. The van der Waals surface area contributed by atoms with Gasteiger partial charge in [0.25, 0.3) is 0 Å².